The molecule has 1 rings (SSSR count). The number of nitriles is 1. The molecule has 0 aliphatic heterocycles. The molecular formula is C14H22N4. The molecule has 0 spiro atoms. The maximum atomic E-state index is 9.19. The molecule has 1 aromatic heterocycles. The van der Waals surface area contributed by atoms with Crippen LogP contribution < -0.4 is 11.1 Å². The monoisotopic (exact) mass is 246 g/mol. The van der Waals surface area contributed by atoms with Crippen molar-refractivity contribution in [3.8, 4) is 6.07 Å². The van der Waals surface area contributed by atoms with Crippen LogP contribution in [0.1, 0.15) is 38.3 Å². The van der Waals surface area contributed by atoms with Crippen molar-refractivity contribution in [1.82, 2.24) is 4.98 Å². The lowest BCUT2D eigenvalue weighted by atomic mass is 9.90. The van der Waals surface area contributed by atoms with Crippen LogP contribution in [-0.4, -0.2) is 17.1 Å². The molecular weight excluding hydrogens is 224 g/mol. The zero-order valence-electron chi connectivity index (χ0n) is 11.6. The number of rotatable bonds is 5. The summed E-state index contributed by atoms with van der Waals surface area (Å²) >= 11 is 0. The molecule has 0 aliphatic rings. The SMILES string of the molecule is Cc1ccnc(NC(C)(CN)CC(C)C)c1C#N. The van der Waals surface area contributed by atoms with Crippen molar-refractivity contribution in [2.24, 2.45) is 11.7 Å². The number of hydrogen-bond donors (Lipinski definition) is 2. The predicted octanol–water partition coefficient (Wildman–Crippen LogP) is 2.44. The lowest BCUT2D eigenvalue weighted by Gasteiger charge is -2.32. The molecule has 0 aromatic carbocycles. The highest BCUT2D eigenvalue weighted by Gasteiger charge is 2.25. The standard InChI is InChI=1S/C14H22N4/c1-10(2)7-14(4,9-16)18-13-12(8-15)11(3)5-6-17-13/h5-6,10H,7,9,16H2,1-4H3,(H,17,18). The normalized spacial score (nSPS) is 14.1. The Balaban J connectivity index is 3.02. The lowest BCUT2D eigenvalue weighted by molar-refractivity contribution is 0.406. The number of aryl methyl sites for hydroxylation is 1. The molecule has 4 nitrogen and oxygen atoms in total. The summed E-state index contributed by atoms with van der Waals surface area (Å²) in [5.41, 5.74) is 7.15. The highest BCUT2D eigenvalue weighted by atomic mass is 15.1. The van der Waals surface area contributed by atoms with E-state index in [9.17, 15) is 5.26 Å². The number of aromatic nitrogens is 1. The first-order valence-corrected chi connectivity index (χ1v) is 6.26. The zero-order chi connectivity index (χ0) is 13.8. The predicted molar refractivity (Wildman–Crippen MR) is 74.2 cm³/mol. The van der Waals surface area contributed by atoms with Gasteiger partial charge in [0.2, 0.25) is 0 Å². The van der Waals surface area contributed by atoms with Crippen molar-refractivity contribution in [2.45, 2.75) is 39.7 Å². The zero-order valence-corrected chi connectivity index (χ0v) is 11.6. The largest absolute Gasteiger partial charge is 0.363 e. The minimum absolute atomic E-state index is 0.236. The van der Waals surface area contributed by atoms with Crippen molar-refractivity contribution < 1.29 is 0 Å². The quantitative estimate of drug-likeness (QED) is 0.836. The van der Waals surface area contributed by atoms with Crippen LogP contribution in [0.25, 0.3) is 0 Å². The first-order valence-electron chi connectivity index (χ1n) is 6.26. The second-order valence-electron chi connectivity index (χ2n) is 5.45. The van der Waals surface area contributed by atoms with Gasteiger partial charge in [-0.15, -0.1) is 0 Å². The number of nitrogens with two attached hydrogens (primary N) is 1. The summed E-state index contributed by atoms with van der Waals surface area (Å²) in [5.74, 6) is 1.16. The molecule has 0 aliphatic carbocycles. The number of anilines is 1. The molecule has 0 saturated carbocycles. The van der Waals surface area contributed by atoms with Crippen LogP contribution >= 0.6 is 0 Å². The molecule has 1 aromatic rings. The molecule has 18 heavy (non-hydrogen) atoms. The van der Waals surface area contributed by atoms with E-state index in [0.29, 0.717) is 23.8 Å². The minimum atomic E-state index is -0.236. The second-order valence-corrected chi connectivity index (χ2v) is 5.45. The van der Waals surface area contributed by atoms with Gasteiger partial charge in [-0.3, -0.25) is 0 Å². The van der Waals surface area contributed by atoms with E-state index in [2.05, 4.69) is 37.1 Å². The fraction of sp³-hybridized carbons (Fsp3) is 0.571. The first-order chi connectivity index (χ1) is 8.41. The maximum Gasteiger partial charge on any atom is 0.144 e. The van der Waals surface area contributed by atoms with Crippen molar-refractivity contribution >= 4 is 5.82 Å². The third-order valence-electron chi connectivity index (χ3n) is 3.00. The second kappa shape index (κ2) is 5.83. The highest BCUT2D eigenvalue weighted by molar-refractivity contribution is 5.56. The van der Waals surface area contributed by atoms with Crippen LogP contribution in [0.15, 0.2) is 12.3 Å². The van der Waals surface area contributed by atoms with E-state index in [4.69, 9.17) is 5.73 Å². The Bertz CT molecular complexity index is 448. The van der Waals surface area contributed by atoms with E-state index in [1.54, 1.807) is 6.20 Å². The van der Waals surface area contributed by atoms with Crippen LogP contribution in [0.3, 0.4) is 0 Å². The van der Waals surface area contributed by atoms with Crippen molar-refractivity contribution in [1.29, 1.82) is 5.26 Å². The average molecular weight is 246 g/mol. The summed E-state index contributed by atoms with van der Waals surface area (Å²) in [6.07, 6.45) is 2.65. The molecule has 0 bridgehead atoms. The summed E-state index contributed by atoms with van der Waals surface area (Å²) in [4.78, 5) is 4.26. The molecule has 1 heterocycles. The van der Waals surface area contributed by atoms with Gasteiger partial charge in [-0.25, -0.2) is 4.98 Å². The Morgan fingerprint density at radius 3 is 2.72 bits per heavy atom. The summed E-state index contributed by atoms with van der Waals surface area (Å²) in [5, 5.41) is 12.5. The van der Waals surface area contributed by atoms with Crippen LogP contribution in [0, 0.1) is 24.2 Å². The van der Waals surface area contributed by atoms with Gasteiger partial charge in [0, 0.05) is 18.3 Å². The third kappa shape index (κ3) is 3.44. The number of pyridine rings is 1. The van der Waals surface area contributed by atoms with Gasteiger partial charge < -0.3 is 11.1 Å². The minimum Gasteiger partial charge on any atom is -0.363 e. The Kier molecular flexibility index (Phi) is 4.69. The summed E-state index contributed by atoms with van der Waals surface area (Å²) < 4.78 is 0. The van der Waals surface area contributed by atoms with Crippen LogP contribution in [0.5, 0.6) is 0 Å². The van der Waals surface area contributed by atoms with Gasteiger partial charge in [0.05, 0.1) is 5.56 Å². The molecule has 0 radical (unpaired) electrons. The number of nitrogens with one attached hydrogen (secondary N) is 1. The van der Waals surface area contributed by atoms with E-state index in [0.717, 1.165) is 12.0 Å². The van der Waals surface area contributed by atoms with Gasteiger partial charge in [-0.05, 0) is 37.8 Å². The van der Waals surface area contributed by atoms with E-state index >= 15 is 0 Å². The van der Waals surface area contributed by atoms with Gasteiger partial charge in [0.15, 0.2) is 0 Å². The molecule has 0 fully saturated rings. The smallest absolute Gasteiger partial charge is 0.144 e. The summed E-state index contributed by atoms with van der Waals surface area (Å²) in [6.45, 7) is 8.80. The molecule has 3 N–H and O–H groups in total. The van der Waals surface area contributed by atoms with E-state index < -0.39 is 0 Å². The van der Waals surface area contributed by atoms with E-state index in [1.807, 2.05) is 13.0 Å². The molecule has 1 atom stereocenters. The molecule has 0 saturated heterocycles. The molecule has 4 heteroatoms. The molecule has 0 amide bonds. The maximum absolute atomic E-state index is 9.19. The Hall–Kier alpha value is -1.60. The summed E-state index contributed by atoms with van der Waals surface area (Å²) in [7, 11) is 0. The van der Waals surface area contributed by atoms with Crippen molar-refractivity contribution in [3.63, 3.8) is 0 Å². The summed E-state index contributed by atoms with van der Waals surface area (Å²) in [6, 6.07) is 4.04. The Morgan fingerprint density at radius 2 is 2.22 bits per heavy atom. The third-order valence-corrected chi connectivity index (χ3v) is 3.00. The van der Waals surface area contributed by atoms with E-state index in [1.165, 1.54) is 0 Å². The van der Waals surface area contributed by atoms with Crippen molar-refractivity contribution in [3.05, 3.63) is 23.4 Å². The first kappa shape index (κ1) is 14.5. The Morgan fingerprint density at radius 1 is 1.56 bits per heavy atom. The van der Waals surface area contributed by atoms with E-state index in [-0.39, 0.29) is 5.54 Å². The van der Waals surface area contributed by atoms with Crippen molar-refractivity contribution in [2.75, 3.05) is 11.9 Å². The topological polar surface area (TPSA) is 74.7 Å². The highest BCUT2D eigenvalue weighted by Crippen LogP contribution is 2.23. The van der Waals surface area contributed by atoms with Gasteiger partial charge in [0.1, 0.15) is 11.9 Å². The van der Waals surface area contributed by atoms with Gasteiger partial charge in [-0.1, -0.05) is 13.8 Å². The van der Waals surface area contributed by atoms with Gasteiger partial charge >= 0.3 is 0 Å². The number of nitrogens with zero attached hydrogens (tertiary/aromatic N) is 2. The van der Waals surface area contributed by atoms with Gasteiger partial charge in [0.25, 0.3) is 0 Å². The fourth-order valence-corrected chi connectivity index (χ4v) is 2.17. The lowest BCUT2D eigenvalue weighted by Crippen LogP contribution is -2.44. The van der Waals surface area contributed by atoms with Gasteiger partial charge in [-0.2, -0.15) is 5.26 Å². The van der Waals surface area contributed by atoms with Crippen LogP contribution in [0.2, 0.25) is 0 Å². The average Bonchev–Trinajstić information content (AvgIpc) is 2.28. The molecule has 1 unspecified atom stereocenters. The molecule has 98 valence electrons. The fourth-order valence-electron chi connectivity index (χ4n) is 2.17. The van der Waals surface area contributed by atoms with Crippen LogP contribution in [0.4, 0.5) is 5.82 Å². The number of hydrogen-bond acceptors (Lipinski definition) is 4. The van der Waals surface area contributed by atoms with Crippen LogP contribution in [-0.2, 0) is 0 Å². The Labute approximate surface area is 109 Å².